The fourth-order valence-electron chi connectivity index (χ4n) is 1.41. The highest BCUT2D eigenvalue weighted by Gasteiger charge is 2.05. The molecule has 0 fully saturated rings. The molecule has 0 radical (unpaired) electrons. The van der Waals surface area contributed by atoms with Crippen molar-refractivity contribution in [1.82, 2.24) is 9.97 Å². The Bertz CT molecular complexity index is 549. The average molecular weight is 251 g/mol. The van der Waals surface area contributed by atoms with Crippen molar-refractivity contribution in [2.24, 2.45) is 0 Å². The Hall–Kier alpha value is -2.24. The van der Waals surface area contributed by atoms with Crippen LogP contribution in [0.25, 0.3) is 0 Å². The first kappa shape index (κ1) is 12.2. The second-order valence-electron chi connectivity index (χ2n) is 3.53. The minimum Gasteiger partial charge on any atom is -0.479 e. The van der Waals surface area contributed by atoms with Gasteiger partial charge in [0.1, 0.15) is 5.82 Å². The summed E-state index contributed by atoms with van der Waals surface area (Å²) in [5.41, 5.74) is 0.611. The molecule has 0 saturated heterocycles. The average Bonchev–Trinajstić information content (AvgIpc) is 2.37. The van der Waals surface area contributed by atoms with Gasteiger partial charge in [0.15, 0.2) is 5.82 Å². The molecule has 2 rings (SSSR count). The summed E-state index contributed by atoms with van der Waals surface area (Å²) in [5.74, 6) is -0.781. The van der Waals surface area contributed by atoms with E-state index in [1.807, 2.05) is 0 Å². The molecule has 2 aromatic heterocycles. The summed E-state index contributed by atoms with van der Waals surface area (Å²) in [6.07, 6.45) is 1.48. The Morgan fingerprint density at radius 2 is 2.17 bits per heavy atom. The number of rotatable bonds is 4. The first-order valence-corrected chi connectivity index (χ1v) is 5.24. The Morgan fingerprint density at radius 1 is 1.33 bits per heavy atom. The van der Waals surface area contributed by atoms with Gasteiger partial charge in [0, 0.05) is 12.7 Å². The number of pyridine rings is 2. The van der Waals surface area contributed by atoms with Gasteiger partial charge in [-0.15, -0.1) is 0 Å². The van der Waals surface area contributed by atoms with Crippen molar-refractivity contribution in [1.29, 1.82) is 0 Å². The van der Waals surface area contributed by atoms with Crippen molar-refractivity contribution in [2.75, 3.05) is 12.4 Å². The number of hydrogen-bond donors (Lipinski definition) is 1. The van der Waals surface area contributed by atoms with Gasteiger partial charge in [-0.05, 0) is 23.8 Å². The summed E-state index contributed by atoms with van der Waals surface area (Å²) in [5, 5.41) is 2.87. The van der Waals surface area contributed by atoms with E-state index in [0.29, 0.717) is 17.9 Å². The molecule has 0 atom stereocenters. The molecular weight excluding hydrogens is 240 g/mol. The maximum Gasteiger partial charge on any atom is 0.250 e. The van der Waals surface area contributed by atoms with Crippen molar-refractivity contribution in [3.8, 4) is 5.88 Å². The fourth-order valence-corrected chi connectivity index (χ4v) is 1.41. The van der Waals surface area contributed by atoms with Crippen molar-refractivity contribution in [2.45, 2.75) is 6.54 Å². The minimum absolute atomic E-state index is 0.0531. The van der Waals surface area contributed by atoms with Crippen LogP contribution in [0, 0.1) is 11.8 Å². The number of aromatic nitrogens is 2. The minimum atomic E-state index is -0.570. The standard InChI is InChI=1S/C12H11F2N3O/c1-18-12-9(13)5-8(7-16-12)6-15-11-4-2-3-10(14)17-11/h2-5,7H,6H2,1H3,(H,15,17). The highest BCUT2D eigenvalue weighted by molar-refractivity contribution is 5.35. The van der Waals surface area contributed by atoms with Crippen LogP contribution in [0.5, 0.6) is 5.88 Å². The summed E-state index contributed by atoms with van der Waals surface area (Å²) in [7, 11) is 1.35. The van der Waals surface area contributed by atoms with Crippen LogP contribution < -0.4 is 10.1 Å². The molecule has 6 heteroatoms. The van der Waals surface area contributed by atoms with E-state index in [1.165, 1.54) is 31.5 Å². The van der Waals surface area contributed by atoms with E-state index in [9.17, 15) is 8.78 Å². The third kappa shape index (κ3) is 2.91. The summed E-state index contributed by atoms with van der Waals surface area (Å²) in [4.78, 5) is 7.42. The van der Waals surface area contributed by atoms with Crippen molar-refractivity contribution < 1.29 is 13.5 Å². The van der Waals surface area contributed by atoms with Gasteiger partial charge < -0.3 is 10.1 Å². The molecule has 94 valence electrons. The summed E-state index contributed by atoms with van der Waals surface area (Å²) in [6.45, 7) is 0.296. The topological polar surface area (TPSA) is 47.0 Å². The van der Waals surface area contributed by atoms with Gasteiger partial charge in [0.25, 0.3) is 0 Å². The van der Waals surface area contributed by atoms with Gasteiger partial charge in [0.05, 0.1) is 7.11 Å². The largest absolute Gasteiger partial charge is 0.479 e. The molecular formula is C12H11F2N3O. The van der Waals surface area contributed by atoms with E-state index in [-0.39, 0.29) is 5.88 Å². The fraction of sp³-hybridized carbons (Fsp3) is 0.167. The molecule has 0 unspecified atom stereocenters. The monoisotopic (exact) mass is 251 g/mol. The number of hydrogen-bond acceptors (Lipinski definition) is 4. The molecule has 0 saturated carbocycles. The molecule has 2 heterocycles. The smallest absolute Gasteiger partial charge is 0.250 e. The molecule has 0 amide bonds. The number of anilines is 1. The SMILES string of the molecule is COc1ncc(CNc2cccc(F)n2)cc1F. The lowest BCUT2D eigenvalue weighted by molar-refractivity contribution is 0.368. The van der Waals surface area contributed by atoms with Crippen LogP contribution in [-0.4, -0.2) is 17.1 Å². The van der Waals surface area contributed by atoms with Crippen LogP contribution in [-0.2, 0) is 6.54 Å². The Kier molecular flexibility index (Phi) is 3.66. The summed E-state index contributed by atoms with van der Waals surface area (Å²) < 4.78 is 30.9. The van der Waals surface area contributed by atoms with Gasteiger partial charge in [-0.25, -0.2) is 14.4 Å². The lowest BCUT2D eigenvalue weighted by Gasteiger charge is -2.06. The van der Waals surface area contributed by atoms with Crippen LogP contribution in [0.4, 0.5) is 14.6 Å². The van der Waals surface area contributed by atoms with Crippen LogP contribution >= 0.6 is 0 Å². The normalized spacial score (nSPS) is 10.2. The van der Waals surface area contributed by atoms with E-state index in [2.05, 4.69) is 15.3 Å². The maximum atomic E-state index is 13.3. The van der Waals surface area contributed by atoms with Crippen molar-refractivity contribution in [3.63, 3.8) is 0 Å². The number of nitrogens with zero attached hydrogens (tertiary/aromatic N) is 2. The second kappa shape index (κ2) is 5.39. The van der Waals surface area contributed by atoms with Crippen LogP contribution in [0.15, 0.2) is 30.5 Å². The zero-order valence-corrected chi connectivity index (χ0v) is 9.65. The predicted molar refractivity (Wildman–Crippen MR) is 62.3 cm³/mol. The molecule has 0 aliphatic rings. The van der Waals surface area contributed by atoms with E-state index < -0.39 is 11.8 Å². The molecule has 4 nitrogen and oxygen atoms in total. The Morgan fingerprint density at radius 3 is 2.83 bits per heavy atom. The molecule has 0 aromatic carbocycles. The Labute approximate surface area is 103 Å². The zero-order valence-electron chi connectivity index (χ0n) is 9.65. The predicted octanol–water partition coefficient (Wildman–Crippen LogP) is 2.38. The molecule has 18 heavy (non-hydrogen) atoms. The maximum absolute atomic E-state index is 13.3. The molecule has 0 aliphatic carbocycles. The van der Waals surface area contributed by atoms with Gasteiger partial charge in [-0.2, -0.15) is 4.39 Å². The van der Waals surface area contributed by atoms with E-state index in [0.717, 1.165) is 0 Å². The zero-order chi connectivity index (χ0) is 13.0. The van der Waals surface area contributed by atoms with Gasteiger partial charge in [0.2, 0.25) is 11.8 Å². The second-order valence-corrected chi connectivity index (χ2v) is 3.53. The summed E-state index contributed by atoms with van der Waals surface area (Å²) in [6, 6.07) is 5.71. The van der Waals surface area contributed by atoms with E-state index >= 15 is 0 Å². The number of halogens is 2. The first-order valence-electron chi connectivity index (χ1n) is 5.24. The third-order valence-corrected chi connectivity index (χ3v) is 2.25. The van der Waals surface area contributed by atoms with Crippen molar-refractivity contribution >= 4 is 5.82 Å². The molecule has 0 bridgehead atoms. The Balaban J connectivity index is 2.04. The number of nitrogens with one attached hydrogen (secondary N) is 1. The van der Waals surface area contributed by atoms with E-state index in [4.69, 9.17) is 4.74 Å². The summed E-state index contributed by atoms with van der Waals surface area (Å²) >= 11 is 0. The van der Waals surface area contributed by atoms with E-state index in [1.54, 1.807) is 6.07 Å². The first-order chi connectivity index (χ1) is 8.69. The highest BCUT2D eigenvalue weighted by atomic mass is 19.1. The molecule has 0 spiro atoms. The van der Waals surface area contributed by atoms with Crippen LogP contribution in [0.3, 0.4) is 0 Å². The molecule has 2 aromatic rings. The lowest BCUT2D eigenvalue weighted by Crippen LogP contribution is -2.03. The van der Waals surface area contributed by atoms with Gasteiger partial charge in [-0.1, -0.05) is 6.07 Å². The van der Waals surface area contributed by atoms with Crippen LogP contribution in [0.1, 0.15) is 5.56 Å². The van der Waals surface area contributed by atoms with Gasteiger partial charge in [-0.3, -0.25) is 0 Å². The molecule has 0 aliphatic heterocycles. The quantitative estimate of drug-likeness (QED) is 0.847. The molecule has 1 N–H and O–H groups in total. The van der Waals surface area contributed by atoms with Gasteiger partial charge >= 0.3 is 0 Å². The van der Waals surface area contributed by atoms with Crippen LogP contribution in [0.2, 0.25) is 0 Å². The lowest BCUT2D eigenvalue weighted by atomic mass is 10.3. The number of methoxy groups -OCH3 is 1. The van der Waals surface area contributed by atoms with Crippen molar-refractivity contribution in [3.05, 3.63) is 47.8 Å². The highest BCUT2D eigenvalue weighted by Crippen LogP contribution is 2.14. The number of ether oxygens (including phenoxy) is 1. The third-order valence-electron chi connectivity index (χ3n) is 2.25.